The Kier molecular flexibility index (Phi) is 3.32. The maximum absolute atomic E-state index is 12.1. The van der Waals surface area contributed by atoms with Crippen LogP contribution in [0.15, 0.2) is 18.5 Å². The lowest BCUT2D eigenvalue weighted by Crippen LogP contribution is -2.43. The van der Waals surface area contributed by atoms with Crippen molar-refractivity contribution in [2.24, 2.45) is 11.8 Å². The van der Waals surface area contributed by atoms with E-state index in [0.29, 0.717) is 18.9 Å². The van der Waals surface area contributed by atoms with E-state index in [1.54, 1.807) is 6.20 Å². The van der Waals surface area contributed by atoms with Gasteiger partial charge in [0, 0.05) is 38.4 Å². The third kappa shape index (κ3) is 2.41. The summed E-state index contributed by atoms with van der Waals surface area (Å²) in [4.78, 5) is 14.2. The monoisotopic (exact) mass is 248 g/mol. The van der Waals surface area contributed by atoms with Crippen molar-refractivity contribution < 1.29 is 4.79 Å². The van der Waals surface area contributed by atoms with E-state index in [1.165, 1.54) is 0 Å². The summed E-state index contributed by atoms with van der Waals surface area (Å²) >= 11 is 0. The van der Waals surface area contributed by atoms with Gasteiger partial charge in [-0.2, -0.15) is 5.10 Å². The number of carbonyl (C=O) groups is 1. The second-order valence-corrected chi connectivity index (χ2v) is 5.33. The molecule has 1 aromatic heterocycles. The number of aryl methyl sites for hydroxylation is 1. The Labute approximate surface area is 107 Å². The zero-order valence-corrected chi connectivity index (χ0v) is 10.6. The zero-order chi connectivity index (χ0) is 12.4. The Morgan fingerprint density at radius 3 is 3.11 bits per heavy atom. The van der Waals surface area contributed by atoms with Crippen molar-refractivity contribution in [3.8, 4) is 0 Å². The predicted molar refractivity (Wildman–Crippen MR) is 67.9 cm³/mol. The molecule has 2 unspecified atom stereocenters. The number of piperidine rings is 1. The molecule has 1 aromatic rings. The number of hydrogen-bond donors (Lipinski definition) is 1. The minimum Gasteiger partial charge on any atom is -0.342 e. The second kappa shape index (κ2) is 5.10. The van der Waals surface area contributed by atoms with E-state index in [0.717, 1.165) is 38.5 Å². The normalized spacial score (nSPS) is 27.2. The first kappa shape index (κ1) is 11.7. The number of likely N-dealkylation sites (tertiary alicyclic amines) is 1. The number of aromatic nitrogens is 2. The highest BCUT2D eigenvalue weighted by Crippen LogP contribution is 2.26. The Bertz CT molecular complexity index is 403. The number of carbonyl (C=O) groups excluding carboxylic acids is 1. The van der Waals surface area contributed by atoms with Gasteiger partial charge in [0.05, 0.1) is 0 Å². The van der Waals surface area contributed by atoms with Crippen LogP contribution in [0.2, 0.25) is 0 Å². The third-order valence-corrected chi connectivity index (χ3v) is 4.17. The van der Waals surface area contributed by atoms with Gasteiger partial charge in [-0.05, 0) is 37.4 Å². The summed E-state index contributed by atoms with van der Waals surface area (Å²) in [6, 6.07) is 1.89. The largest absolute Gasteiger partial charge is 0.342 e. The van der Waals surface area contributed by atoms with Crippen molar-refractivity contribution in [3.05, 3.63) is 18.5 Å². The van der Waals surface area contributed by atoms with Crippen LogP contribution in [0, 0.1) is 11.8 Å². The van der Waals surface area contributed by atoms with Gasteiger partial charge in [0.25, 0.3) is 0 Å². The molecule has 2 atom stereocenters. The van der Waals surface area contributed by atoms with E-state index in [-0.39, 0.29) is 5.91 Å². The van der Waals surface area contributed by atoms with E-state index in [1.807, 2.05) is 21.8 Å². The highest BCUT2D eigenvalue weighted by molar-refractivity contribution is 5.76. The zero-order valence-electron chi connectivity index (χ0n) is 10.6. The highest BCUT2D eigenvalue weighted by Gasteiger charge is 2.34. The molecule has 3 rings (SSSR count). The lowest BCUT2D eigenvalue weighted by molar-refractivity contribution is -0.133. The van der Waals surface area contributed by atoms with Gasteiger partial charge in [-0.1, -0.05) is 0 Å². The molecule has 2 saturated heterocycles. The summed E-state index contributed by atoms with van der Waals surface area (Å²) in [5, 5.41) is 7.55. The van der Waals surface area contributed by atoms with Gasteiger partial charge in [0.1, 0.15) is 0 Å². The first-order chi connectivity index (χ1) is 8.83. The molecule has 3 heterocycles. The third-order valence-electron chi connectivity index (χ3n) is 4.17. The van der Waals surface area contributed by atoms with Crippen molar-refractivity contribution >= 4 is 5.91 Å². The van der Waals surface area contributed by atoms with Crippen molar-refractivity contribution in [1.29, 1.82) is 0 Å². The molecule has 1 amide bonds. The molecule has 5 heteroatoms. The molecule has 0 radical (unpaired) electrons. The number of amides is 1. The fourth-order valence-corrected chi connectivity index (χ4v) is 3.06. The SMILES string of the molecule is O=C(CCn1cccn1)N1CCC2CNCC2C1. The second-order valence-electron chi connectivity index (χ2n) is 5.33. The molecule has 0 aromatic carbocycles. The average Bonchev–Trinajstić information content (AvgIpc) is 3.05. The summed E-state index contributed by atoms with van der Waals surface area (Å²) in [6.45, 7) is 4.78. The number of hydrogen-bond acceptors (Lipinski definition) is 3. The van der Waals surface area contributed by atoms with Gasteiger partial charge in [-0.3, -0.25) is 9.48 Å². The molecule has 1 N–H and O–H groups in total. The Balaban J connectivity index is 1.50. The molecule has 0 aliphatic carbocycles. The summed E-state index contributed by atoms with van der Waals surface area (Å²) < 4.78 is 1.82. The molecular formula is C13H20N4O. The molecule has 2 aliphatic rings. The van der Waals surface area contributed by atoms with Crippen LogP contribution in [-0.4, -0.2) is 46.8 Å². The summed E-state index contributed by atoms with van der Waals surface area (Å²) in [5.74, 6) is 1.74. The maximum atomic E-state index is 12.1. The van der Waals surface area contributed by atoms with Gasteiger partial charge in [0.2, 0.25) is 5.91 Å². The molecule has 5 nitrogen and oxygen atoms in total. The highest BCUT2D eigenvalue weighted by atomic mass is 16.2. The van der Waals surface area contributed by atoms with Crippen LogP contribution in [-0.2, 0) is 11.3 Å². The lowest BCUT2D eigenvalue weighted by Gasteiger charge is -2.34. The summed E-state index contributed by atoms with van der Waals surface area (Å²) in [6.07, 6.45) is 5.37. The number of fused-ring (bicyclic) bond motifs is 1. The van der Waals surface area contributed by atoms with Crippen molar-refractivity contribution in [3.63, 3.8) is 0 Å². The smallest absolute Gasteiger partial charge is 0.224 e. The van der Waals surface area contributed by atoms with E-state index in [9.17, 15) is 4.79 Å². The van der Waals surface area contributed by atoms with Gasteiger partial charge >= 0.3 is 0 Å². The topological polar surface area (TPSA) is 50.2 Å². The van der Waals surface area contributed by atoms with E-state index < -0.39 is 0 Å². The Hall–Kier alpha value is -1.36. The van der Waals surface area contributed by atoms with Crippen LogP contribution in [0.3, 0.4) is 0 Å². The van der Waals surface area contributed by atoms with E-state index in [4.69, 9.17) is 0 Å². The van der Waals surface area contributed by atoms with E-state index in [2.05, 4.69) is 10.4 Å². The molecule has 0 saturated carbocycles. The molecule has 98 valence electrons. The van der Waals surface area contributed by atoms with Crippen molar-refractivity contribution in [1.82, 2.24) is 20.0 Å². The first-order valence-corrected chi connectivity index (χ1v) is 6.79. The van der Waals surface area contributed by atoms with Crippen LogP contribution in [0.25, 0.3) is 0 Å². The van der Waals surface area contributed by atoms with Crippen molar-refractivity contribution in [2.45, 2.75) is 19.4 Å². The van der Waals surface area contributed by atoms with Crippen LogP contribution in [0.5, 0.6) is 0 Å². The number of nitrogens with one attached hydrogen (secondary N) is 1. The quantitative estimate of drug-likeness (QED) is 0.839. The van der Waals surface area contributed by atoms with Gasteiger partial charge < -0.3 is 10.2 Å². The van der Waals surface area contributed by atoms with Gasteiger partial charge in [0.15, 0.2) is 0 Å². The first-order valence-electron chi connectivity index (χ1n) is 6.79. The molecule has 18 heavy (non-hydrogen) atoms. The van der Waals surface area contributed by atoms with Gasteiger partial charge in [-0.25, -0.2) is 0 Å². The van der Waals surface area contributed by atoms with Crippen molar-refractivity contribution in [2.75, 3.05) is 26.2 Å². The molecular weight excluding hydrogens is 228 g/mol. The minimum atomic E-state index is 0.274. The predicted octanol–water partition coefficient (Wildman–Crippen LogP) is 0.341. The number of rotatable bonds is 3. The van der Waals surface area contributed by atoms with Gasteiger partial charge in [-0.15, -0.1) is 0 Å². The van der Waals surface area contributed by atoms with Crippen LogP contribution in [0.1, 0.15) is 12.8 Å². The summed E-state index contributed by atoms with van der Waals surface area (Å²) in [7, 11) is 0. The van der Waals surface area contributed by atoms with Crippen LogP contribution < -0.4 is 5.32 Å². The Morgan fingerprint density at radius 1 is 1.39 bits per heavy atom. The van der Waals surface area contributed by atoms with E-state index >= 15 is 0 Å². The molecule has 2 fully saturated rings. The Morgan fingerprint density at radius 2 is 2.28 bits per heavy atom. The standard InChI is InChI=1S/C13H20N4O/c18-13(3-7-17-5-1-4-15-17)16-6-2-11-8-14-9-12(11)10-16/h1,4-5,11-12,14H,2-3,6-10H2. The lowest BCUT2D eigenvalue weighted by atomic mass is 9.88. The van der Waals surface area contributed by atoms with Crippen LogP contribution >= 0.6 is 0 Å². The van der Waals surface area contributed by atoms with Crippen LogP contribution in [0.4, 0.5) is 0 Å². The minimum absolute atomic E-state index is 0.274. The fourth-order valence-electron chi connectivity index (χ4n) is 3.06. The summed E-state index contributed by atoms with van der Waals surface area (Å²) in [5.41, 5.74) is 0. The molecule has 0 spiro atoms. The maximum Gasteiger partial charge on any atom is 0.224 e. The number of nitrogens with zero attached hydrogens (tertiary/aromatic N) is 3. The fraction of sp³-hybridized carbons (Fsp3) is 0.692. The average molecular weight is 248 g/mol. The molecule has 2 aliphatic heterocycles. The molecule has 0 bridgehead atoms.